The van der Waals surface area contributed by atoms with Crippen molar-refractivity contribution in [2.24, 2.45) is 0 Å². The first kappa shape index (κ1) is 17.0. The van der Waals surface area contributed by atoms with Crippen LogP contribution in [-0.2, 0) is 11.3 Å². The molecule has 0 aliphatic heterocycles. The zero-order valence-corrected chi connectivity index (χ0v) is 13.9. The van der Waals surface area contributed by atoms with Gasteiger partial charge in [0.25, 0.3) is 5.91 Å². The molecule has 0 unspecified atom stereocenters. The van der Waals surface area contributed by atoms with Gasteiger partial charge in [0.05, 0.1) is 13.2 Å². The van der Waals surface area contributed by atoms with Crippen molar-refractivity contribution >= 4 is 5.91 Å². The smallest absolute Gasteiger partial charge is 0.253 e. The fourth-order valence-corrected chi connectivity index (χ4v) is 2.24. The van der Waals surface area contributed by atoms with Crippen LogP contribution in [0.25, 0.3) is 0 Å². The molecule has 0 spiro atoms. The number of hydrogen-bond acceptors (Lipinski definition) is 3. The molecular weight excluding hydrogens is 290 g/mol. The summed E-state index contributed by atoms with van der Waals surface area (Å²) in [5, 5.41) is 0. The number of ether oxygens (including phenoxy) is 2. The number of methoxy groups -OCH3 is 1. The number of likely N-dealkylation sites (N-methyl/N-ethyl adjacent to an activating group) is 1. The van der Waals surface area contributed by atoms with Crippen LogP contribution in [0.1, 0.15) is 21.5 Å². The summed E-state index contributed by atoms with van der Waals surface area (Å²) in [5.74, 6) is 0.847. The van der Waals surface area contributed by atoms with Gasteiger partial charge in [0.15, 0.2) is 0 Å². The summed E-state index contributed by atoms with van der Waals surface area (Å²) in [7, 11) is 3.44. The normalized spacial score (nSPS) is 10.4. The summed E-state index contributed by atoms with van der Waals surface area (Å²) in [5.41, 5.74) is 2.81. The van der Waals surface area contributed by atoms with Gasteiger partial charge in [-0.2, -0.15) is 0 Å². The lowest BCUT2D eigenvalue weighted by Crippen LogP contribution is -2.30. The first-order valence-electron chi connectivity index (χ1n) is 7.63. The molecule has 1 amide bonds. The lowest BCUT2D eigenvalue weighted by Gasteiger charge is -2.18. The number of nitrogens with zero attached hydrogens (tertiary/aromatic N) is 1. The van der Waals surface area contributed by atoms with E-state index < -0.39 is 0 Å². The quantitative estimate of drug-likeness (QED) is 0.787. The minimum absolute atomic E-state index is 0.0117. The van der Waals surface area contributed by atoms with Gasteiger partial charge in [-0.15, -0.1) is 0 Å². The van der Waals surface area contributed by atoms with Crippen molar-refractivity contribution in [3.63, 3.8) is 0 Å². The SMILES string of the molecule is COCc1ccc(C(=O)N(C)CCOc2ccccc2C)cc1. The standard InChI is InChI=1S/C19H23NO3/c1-15-6-4-5-7-18(15)23-13-12-20(2)19(21)17-10-8-16(9-11-17)14-22-3/h4-11H,12-14H2,1-3H3. The van der Waals surface area contributed by atoms with Crippen LogP contribution in [-0.4, -0.2) is 38.1 Å². The molecule has 122 valence electrons. The van der Waals surface area contributed by atoms with Gasteiger partial charge in [-0.3, -0.25) is 4.79 Å². The van der Waals surface area contributed by atoms with E-state index in [1.54, 1.807) is 19.1 Å². The van der Waals surface area contributed by atoms with E-state index in [0.717, 1.165) is 16.9 Å². The molecule has 0 aromatic heterocycles. The molecule has 0 atom stereocenters. The van der Waals surface area contributed by atoms with E-state index in [2.05, 4.69) is 0 Å². The highest BCUT2D eigenvalue weighted by atomic mass is 16.5. The monoisotopic (exact) mass is 313 g/mol. The molecule has 0 saturated carbocycles. The van der Waals surface area contributed by atoms with Gasteiger partial charge in [0.1, 0.15) is 12.4 Å². The van der Waals surface area contributed by atoms with E-state index >= 15 is 0 Å². The molecule has 0 N–H and O–H groups in total. The van der Waals surface area contributed by atoms with Gasteiger partial charge in [-0.25, -0.2) is 0 Å². The Bertz CT molecular complexity index is 637. The zero-order valence-electron chi connectivity index (χ0n) is 13.9. The number of rotatable bonds is 7. The minimum atomic E-state index is -0.0117. The van der Waals surface area contributed by atoms with Gasteiger partial charge >= 0.3 is 0 Å². The van der Waals surface area contributed by atoms with Crippen molar-refractivity contribution in [1.29, 1.82) is 0 Å². The molecule has 0 fully saturated rings. The summed E-state index contributed by atoms with van der Waals surface area (Å²) in [6.45, 7) is 3.56. The number of hydrogen-bond donors (Lipinski definition) is 0. The van der Waals surface area contributed by atoms with Gasteiger partial charge in [0, 0.05) is 19.7 Å². The predicted molar refractivity (Wildman–Crippen MR) is 90.8 cm³/mol. The maximum absolute atomic E-state index is 12.4. The Morgan fingerprint density at radius 2 is 1.78 bits per heavy atom. The average molecular weight is 313 g/mol. The molecule has 0 heterocycles. The predicted octanol–water partition coefficient (Wildman–Crippen LogP) is 3.29. The second-order valence-corrected chi connectivity index (χ2v) is 5.47. The maximum atomic E-state index is 12.4. The third-order valence-corrected chi connectivity index (χ3v) is 3.64. The molecule has 0 bridgehead atoms. The van der Waals surface area contributed by atoms with Crippen LogP contribution in [0.15, 0.2) is 48.5 Å². The van der Waals surface area contributed by atoms with Crippen LogP contribution in [0.4, 0.5) is 0 Å². The highest BCUT2D eigenvalue weighted by Gasteiger charge is 2.11. The Morgan fingerprint density at radius 3 is 2.43 bits per heavy atom. The van der Waals surface area contributed by atoms with Gasteiger partial charge in [0.2, 0.25) is 0 Å². The molecule has 0 aliphatic carbocycles. The number of amides is 1. The van der Waals surface area contributed by atoms with E-state index in [1.807, 2.05) is 55.5 Å². The van der Waals surface area contributed by atoms with E-state index in [9.17, 15) is 4.79 Å². The molecule has 2 rings (SSSR count). The van der Waals surface area contributed by atoms with Gasteiger partial charge in [-0.05, 0) is 36.2 Å². The molecule has 4 nitrogen and oxygen atoms in total. The third kappa shape index (κ3) is 4.83. The number of aryl methyl sites for hydroxylation is 1. The van der Waals surface area contributed by atoms with Crippen molar-refractivity contribution in [3.8, 4) is 5.75 Å². The van der Waals surface area contributed by atoms with Crippen molar-refractivity contribution < 1.29 is 14.3 Å². The first-order valence-corrected chi connectivity index (χ1v) is 7.63. The summed E-state index contributed by atoms with van der Waals surface area (Å²) in [4.78, 5) is 14.0. The van der Waals surface area contributed by atoms with Crippen LogP contribution in [0.5, 0.6) is 5.75 Å². The second kappa shape index (κ2) is 8.34. The average Bonchev–Trinajstić information content (AvgIpc) is 2.57. The third-order valence-electron chi connectivity index (χ3n) is 3.64. The van der Waals surface area contributed by atoms with E-state index in [0.29, 0.717) is 25.3 Å². The van der Waals surface area contributed by atoms with Crippen LogP contribution >= 0.6 is 0 Å². The molecule has 0 radical (unpaired) electrons. The van der Waals surface area contributed by atoms with Crippen LogP contribution in [0.3, 0.4) is 0 Å². The lowest BCUT2D eigenvalue weighted by atomic mass is 10.1. The molecule has 0 aliphatic rings. The highest BCUT2D eigenvalue weighted by Crippen LogP contribution is 2.16. The highest BCUT2D eigenvalue weighted by molar-refractivity contribution is 5.94. The summed E-state index contributed by atoms with van der Waals surface area (Å²) < 4.78 is 10.8. The molecule has 2 aromatic rings. The fourth-order valence-electron chi connectivity index (χ4n) is 2.24. The Kier molecular flexibility index (Phi) is 6.18. The molecule has 0 saturated heterocycles. The second-order valence-electron chi connectivity index (χ2n) is 5.47. The topological polar surface area (TPSA) is 38.8 Å². The Morgan fingerprint density at radius 1 is 1.09 bits per heavy atom. The number of carbonyl (C=O) groups excluding carboxylic acids is 1. The Hall–Kier alpha value is -2.33. The molecular formula is C19H23NO3. The molecule has 4 heteroatoms. The molecule has 23 heavy (non-hydrogen) atoms. The van der Waals surface area contributed by atoms with E-state index in [4.69, 9.17) is 9.47 Å². The summed E-state index contributed by atoms with van der Waals surface area (Å²) in [6.07, 6.45) is 0. The fraction of sp³-hybridized carbons (Fsp3) is 0.316. The van der Waals surface area contributed by atoms with Gasteiger partial charge < -0.3 is 14.4 Å². The first-order chi connectivity index (χ1) is 11.1. The largest absolute Gasteiger partial charge is 0.491 e. The van der Waals surface area contributed by atoms with Crippen molar-refractivity contribution in [3.05, 3.63) is 65.2 Å². The zero-order chi connectivity index (χ0) is 16.7. The van der Waals surface area contributed by atoms with Crippen molar-refractivity contribution in [2.45, 2.75) is 13.5 Å². The summed E-state index contributed by atoms with van der Waals surface area (Å²) in [6, 6.07) is 15.3. The minimum Gasteiger partial charge on any atom is -0.491 e. The van der Waals surface area contributed by atoms with Crippen molar-refractivity contribution in [1.82, 2.24) is 4.90 Å². The van der Waals surface area contributed by atoms with Crippen molar-refractivity contribution in [2.75, 3.05) is 27.3 Å². The number of para-hydroxylation sites is 1. The van der Waals surface area contributed by atoms with Crippen LogP contribution < -0.4 is 4.74 Å². The molecule has 2 aromatic carbocycles. The summed E-state index contributed by atoms with van der Waals surface area (Å²) >= 11 is 0. The number of benzene rings is 2. The Labute approximate surface area is 137 Å². The van der Waals surface area contributed by atoms with Gasteiger partial charge in [-0.1, -0.05) is 30.3 Å². The van der Waals surface area contributed by atoms with Crippen LogP contribution in [0.2, 0.25) is 0 Å². The Balaban J connectivity index is 1.86. The maximum Gasteiger partial charge on any atom is 0.253 e. The lowest BCUT2D eigenvalue weighted by molar-refractivity contribution is 0.0773. The van der Waals surface area contributed by atoms with E-state index in [1.165, 1.54) is 0 Å². The van der Waals surface area contributed by atoms with E-state index in [-0.39, 0.29) is 5.91 Å². The van der Waals surface area contributed by atoms with Crippen LogP contribution in [0, 0.1) is 6.92 Å². The number of carbonyl (C=O) groups is 1.